The van der Waals surface area contributed by atoms with Gasteiger partial charge in [0.2, 0.25) is 0 Å². The van der Waals surface area contributed by atoms with Crippen molar-refractivity contribution in [1.82, 2.24) is 0 Å². The van der Waals surface area contributed by atoms with Gasteiger partial charge in [0.1, 0.15) is 0 Å². The molecule has 0 rings (SSSR count). The molecule has 0 aromatic rings. The number of aliphatic hydroxyl groups is 1. The van der Waals surface area contributed by atoms with Crippen molar-refractivity contribution in [1.29, 1.82) is 0 Å². The van der Waals surface area contributed by atoms with Crippen LogP contribution in [0.25, 0.3) is 0 Å². The van der Waals surface area contributed by atoms with Gasteiger partial charge in [-0.05, 0) is 0 Å². The van der Waals surface area contributed by atoms with E-state index in [1.807, 2.05) is 0 Å². The first-order valence-electron chi connectivity index (χ1n) is 0.848. The van der Waals surface area contributed by atoms with Crippen LogP contribution in [0, 0.1) is 7.11 Å². The molecule has 0 unspecified atom stereocenters. The standard InChI is InChI=1S/CH3O.H2O3S.Zn/c1-2;1-4(2)3;/h2H,1H2;(H2,1,2,3);/q-1;;. The van der Waals surface area contributed by atoms with Crippen molar-refractivity contribution in [2.45, 2.75) is 0 Å². The topological polar surface area (TPSA) is 77.8 Å². The molecule has 0 aromatic heterocycles. The molecular formula is CH5O4SZn-. The molecule has 0 atom stereocenters. The van der Waals surface area contributed by atoms with E-state index in [0.29, 0.717) is 0 Å². The average molecular weight is 179 g/mol. The molecule has 0 saturated carbocycles. The molecule has 0 aliphatic rings. The smallest absolute Gasteiger partial charge is 0.299 e. The molecule has 0 aliphatic heterocycles. The minimum absolute atomic E-state index is 0. The summed E-state index contributed by atoms with van der Waals surface area (Å²) in [6.07, 6.45) is 0. The maximum Gasteiger partial charge on any atom is 0.299 e. The van der Waals surface area contributed by atoms with E-state index in [-0.39, 0.29) is 19.5 Å². The van der Waals surface area contributed by atoms with Crippen LogP contribution in [0.2, 0.25) is 0 Å². The maximum atomic E-state index is 8.67. The van der Waals surface area contributed by atoms with Gasteiger partial charge < -0.3 is 5.11 Å². The predicted molar refractivity (Wildman–Crippen MR) is 20.7 cm³/mol. The van der Waals surface area contributed by atoms with Crippen molar-refractivity contribution in [2.75, 3.05) is 0 Å². The quantitative estimate of drug-likeness (QED) is 0.273. The van der Waals surface area contributed by atoms with Crippen molar-refractivity contribution in [3.05, 3.63) is 7.11 Å². The molecule has 0 amide bonds. The van der Waals surface area contributed by atoms with Crippen LogP contribution in [0.5, 0.6) is 0 Å². The zero-order valence-electron chi connectivity index (χ0n) is 3.57. The van der Waals surface area contributed by atoms with Gasteiger partial charge in [0, 0.05) is 19.5 Å². The molecule has 0 radical (unpaired) electrons. The van der Waals surface area contributed by atoms with Crippen LogP contribution < -0.4 is 0 Å². The van der Waals surface area contributed by atoms with E-state index in [0.717, 1.165) is 0 Å². The zero-order chi connectivity index (χ0) is 5.58. The third-order valence-electron chi connectivity index (χ3n) is 0. The summed E-state index contributed by atoms with van der Waals surface area (Å²) >= 11 is -2.61. The van der Waals surface area contributed by atoms with Gasteiger partial charge in [0.15, 0.2) is 0 Å². The summed E-state index contributed by atoms with van der Waals surface area (Å²) in [6.45, 7) is 0. The van der Waals surface area contributed by atoms with E-state index in [1.165, 1.54) is 0 Å². The minimum atomic E-state index is -2.61. The minimum Gasteiger partial charge on any atom is -0.569 e. The van der Waals surface area contributed by atoms with Gasteiger partial charge in [0.25, 0.3) is 11.4 Å². The Hall–Kier alpha value is 0.653. The average Bonchev–Trinajstić information content (AvgIpc) is 1.41. The summed E-state index contributed by atoms with van der Waals surface area (Å²) in [4.78, 5) is 0. The number of aliphatic hydroxyl groups excluding tert-OH is 1. The van der Waals surface area contributed by atoms with Crippen molar-refractivity contribution < 1.29 is 37.9 Å². The molecule has 0 bridgehead atoms. The van der Waals surface area contributed by atoms with Crippen molar-refractivity contribution >= 4 is 11.4 Å². The van der Waals surface area contributed by atoms with E-state index < -0.39 is 11.4 Å². The Labute approximate surface area is 56.8 Å². The van der Waals surface area contributed by atoms with Gasteiger partial charge in [-0.3, -0.25) is 9.11 Å². The molecule has 6 heteroatoms. The molecule has 0 heterocycles. The van der Waals surface area contributed by atoms with E-state index >= 15 is 0 Å². The molecule has 7 heavy (non-hydrogen) atoms. The Kier molecular flexibility index (Phi) is 35.6. The zero-order valence-corrected chi connectivity index (χ0v) is 7.36. The molecule has 4 nitrogen and oxygen atoms in total. The molecule has 3 N–H and O–H groups in total. The van der Waals surface area contributed by atoms with Gasteiger partial charge in [-0.25, -0.2) is 7.11 Å². The third-order valence-corrected chi connectivity index (χ3v) is 0. The Bertz CT molecular complexity index is 34.7. The summed E-state index contributed by atoms with van der Waals surface area (Å²) in [5.74, 6) is 0. The summed E-state index contributed by atoms with van der Waals surface area (Å²) in [5.41, 5.74) is 0. The first-order valence-corrected chi connectivity index (χ1v) is 1.91. The second-order valence-electron chi connectivity index (χ2n) is 0.231. The van der Waals surface area contributed by atoms with Gasteiger partial charge in [-0.1, -0.05) is 0 Å². The number of hydrogen-bond donors (Lipinski definition) is 3. The fourth-order valence-corrected chi connectivity index (χ4v) is 0. The molecule has 0 saturated heterocycles. The Balaban J connectivity index is -0.0000000480. The van der Waals surface area contributed by atoms with Crippen molar-refractivity contribution in [3.8, 4) is 0 Å². The van der Waals surface area contributed by atoms with Crippen molar-refractivity contribution in [3.63, 3.8) is 0 Å². The van der Waals surface area contributed by atoms with Crippen LogP contribution in [0.3, 0.4) is 0 Å². The number of rotatable bonds is 0. The maximum absolute atomic E-state index is 8.67. The second kappa shape index (κ2) is 15.9. The van der Waals surface area contributed by atoms with Gasteiger partial charge in [-0.2, -0.15) is 4.21 Å². The molecule has 0 spiro atoms. The molecule has 0 aromatic carbocycles. The SMILES string of the molecule is O=S(O)O.[CH2-]O.[Zn]. The van der Waals surface area contributed by atoms with Gasteiger partial charge in [0.05, 0.1) is 0 Å². The van der Waals surface area contributed by atoms with Crippen LogP contribution in [-0.2, 0) is 30.8 Å². The van der Waals surface area contributed by atoms with Gasteiger partial charge in [-0.15, -0.1) is 0 Å². The van der Waals surface area contributed by atoms with Crippen LogP contribution >= 0.6 is 0 Å². The van der Waals surface area contributed by atoms with E-state index in [9.17, 15) is 0 Å². The van der Waals surface area contributed by atoms with Crippen LogP contribution in [0.15, 0.2) is 0 Å². The second-order valence-corrected chi connectivity index (χ2v) is 0.692. The Morgan fingerprint density at radius 3 is 1.29 bits per heavy atom. The van der Waals surface area contributed by atoms with Crippen LogP contribution in [-0.4, -0.2) is 18.4 Å². The van der Waals surface area contributed by atoms with Crippen LogP contribution in [0.4, 0.5) is 0 Å². The third kappa shape index (κ3) is 337. The summed E-state index contributed by atoms with van der Waals surface area (Å²) in [5, 5.41) is 6.75. The van der Waals surface area contributed by atoms with E-state index in [2.05, 4.69) is 7.11 Å². The van der Waals surface area contributed by atoms with Gasteiger partial charge >= 0.3 is 0 Å². The fourth-order valence-electron chi connectivity index (χ4n) is 0. The summed E-state index contributed by atoms with van der Waals surface area (Å²) < 4.78 is 22.8. The largest absolute Gasteiger partial charge is 0.569 e. The molecule has 0 fully saturated rings. The predicted octanol–water partition coefficient (Wildman–Crippen LogP) is -0.171. The normalized spacial score (nSPS) is 5.86. The molecule has 42 valence electrons. The fraction of sp³-hybridized carbons (Fsp3) is 0. The Morgan fingerprint density at radius 1 is 1.29 bits per heavy atom. The summed E-state index contributed by atoms with van der Waals surface area (Å²) in [6, 6.07) is 0. The van der Waals surface area contributed by atoms with E-state index in [1.54, 1.807) is 0 Å². The Morgan fingerprint density at radius 2 is 1.29 bits per heavy atom. The number of hydrogen-bond acceptors (Lipinski definition) is 2. The first-order chi connectivity index (χ1) is 2.73. The van der Waals surface area contributed by atoms with Crippen molar-refractivity contribution in [2.24, 2.45) is 0 Å². The monoisotopic (exact) mass is 177 g/mol. The van der Waals surface area contributed by atoms with E-state index in [4.69, 9.17) is 18.4 Å². The summed E-state index contributed by atoms with van der Waals surface area (Å²) in [7, 11) is 2.25. The molecule has 0 aliphatic carbocycles. The molecular weight excluding hydrogens is 173 g/mol. The van der Waals surface area contributed by atoms with Crippen LogP contribution in [0.1, 0.15) is 0 Å². The first kappa shape index (κ1) is 15.6.